The average molecular weight is 260 g/mol. The highest BCUT2D eigenvalue weighted by Gasteiger charge is 2.33. The van der Waals surface area contributed by atoms with Crippen molar-refractivity contribution in [3.8, 4) is 0 Å². The first-order valence-corrected chi connectivity index (χ1v) is 6.53. The van der Waals surface area contributed by atoms with Crippen molar-refractivity contribution in [2.45, 2.75) is 25.3 Å². The summed E-state index contributed by atoms with van der Waals surface area (Å²) in [5.41, 5.74) is 2.26. The molecule has 1 aliphatic heterocycles. The molecule has 0 unspecified atom stereocenters. The molecule has 1 aromatic rings. The van der Waals surface area contributed by atoms with Crippen molar-refractivity contribution in [2.75, 3.05) is 18.5 Å². The Kier molecular flexibility index (Phi) is 2.98. The first-order valence-electron chi connectivity index (χ1n) is 6.53. The number of nitrogens with one attached hydrogen (secondary N) is 1. The SMILES string of the molecule is O=C1Cc2cc(C(=O)N(CCO)C3CC3)ccc2N1. The summed E-state index contributed by atoms with van der Waals surface area (Å²) in [5, 5.41) is 11.8. The van der Waals surface area contributed by atoms with Crippen LogP contribution in [0.15, 0.2) is 18.2 Å². The lowest BCUT2D eigenvalue weighted by atomic mass is 10.1. The number of aliphatic hydroxyl groups excluding tert-OH is 1. The van der Waals surface area contributed by atoms with Crippen LogP contribution in [0.2, 0.25) is 0 Å². The molecule has 0 bridgehead atoms. The molecule has 5 heteroatoms. The second-order valence-corrected chi connectivity index (χ2v) is 5.05. The minimum Gasteiger partial charge on any atom is -0.395 e. The monoisotopic (exact) mass is 260 g/mol. The molecule has 0 saturated heterocycles. The lowest BCUT2D eigenvalue weighted by Crippen LogP contribution is -2.35. The van der Waals surface area contributed by atoms with Crippen molar-refractivity contribution in [1.29, 1.82) is 0 Å². The number of rotatable bonds is 4. The van der Waals surface area contributed by atoms with Crippen molar-refractivity contribution in [1.82, 2.24) is 4.90 Å². The van der Waals surface area contributed by atoms with E-state index in [4.69, 9.17) is 5.11 Å². The molecular formula is C14H16N2O3. The predicted molar refractivity (Wildman–Crippen MR) is 69.9 cm³/mol. The third-order valence-electron chi connectivity index (χ3n) is 3.57. The van der Waals surface area contributed by atoms with E-state index in [1.54, 1.807) is 23.1 Å². The van der Waals surface area contributed by atoms with Gasteiger partial charge in [-0.1, -0.05) is 0 Å². The van der Waals surface area contributed by atoms with Gasteiger partial charge in [0, 0.05) is 23.8 Å². The van der Waals surface area contributed by atoms with Gasteiger partial charge in [-0.05, 0) is 36.6 Å². The number of aliphatic hydroxyl groups is 1. The molecule has 5 nitrogen and oxygen atoms in total. The van der Waals surface area contributed by atoms with E-state index in [-0.39, 0.29) is 24.5 Å². The second kappa shape index (κ2) is 4.66. The minimum atomic E-state index is -0.0568. The molecular weight excluding hydrogens is 244 g/mol. The molecule has 1 heterocycles. The predicted octanol–water partition coefficient (Wildman–Crippen LogP) is 0.778. The zero-order valence-corrected chi connectivity index (χ0v) is 10.6. The van der Waals surface area contributed by atoms with Crippen molar-refractivity contribution in [3.05, 3.63) is 29.3 Å². The number of carbonyl (C=O) groups is 2. The Balaban J connectivity index is 1.83. The van der Waals surface area contributed by atoms with Crippen molar-refractivity contribution in [3.63, 3.8) is 0 Å². The molecule has 0 aromatic heterocycles. The van der Waals surface area contributed by atoms with Crippen molar-refractivity contribution in [2.24, 2.45) is 0 Å². The molecule has 2 amide bonds. The van der Waals surface area contributed by atoms with Crippen LogP contribution in [0.1, 0.15) is 28.8 Å². The Morgan fingerprint density at radius 2 is 2.21 bits per heavy atom. The fraction of sp³-hybridized carbons (Fsp3) is 0.429. The van der Waals surface area contributed by atoms with E-state index >= 15 is 0 Å². The van der Waals surface area contributed by atoms with E-state index in [1.807, 2.05) is 0 Å². The van der Waals surface area contributed by atoms with Gasteiger partial charge in [-0.3, -0.25) is 9.59 Å². The Morgan fingerprint density at radius 3 is 2.89 bits per heavy atom. The maximum absolute atomic E-state index is 12.4. The zero-order chi connectivity index (χ0) is 13.4. The highest BCUT2D eigenvalue weighted by atomic mass is 16.3. The average Bonchev–Trinajstić information content (AvgIpc) is 3.15. The summed E-state index contributed by atoms with van der Waals surface area (Å²) in [7, 11) is 0. The molecule has 1 fully saturated rings. The lowest BCUT2D eigenvalue weighted by Gasteiger charge is -2.21. The molecule has 0 spiro atoms. The van der Waals surface area contributed by atoms with Gasteiger partial charge in [0.05, 0.1) is 13.0 Å². The van der Waals surface area contributed by atoms with E-state index < -0.39 is 0 Å². The number of fused-ring (bicyclic) bond motifs is 1. The molecule has 3 rings (SSSR count). The van der Waals surface area contributed by atoms with E-state index in [2.05, 4.69) is 5.32 Å². The molecule has 1 saturated carbocycles. The molecule has 2 aliphatic rings. The van der Waals surface area contributed by atoms with Gasteiger partial charge in [0.2, 0.25) is 5.91 Å². The normalized spacial score (nSPS) is 17.0. The Labute approximate surface area is 111 Å². The maximum Gasteiger partial charge on any atom is 0.254 e. The largest absolute Gasteiger partial charge is 0.395 e. The van der Waals surface area contributed by atoms with Crippen LogP contribution in [0.3, 0.4) is 0 Å². The maximum atomic E-state index is 12.4. The summed E-state index contributed by atoms with van der Waals surface area (Å²) in [6.07, 6.45) is 2.35. The molecule has 1 aromatic carbocycles. The third kappa shape index (κ3) is 2.33. The Bertz CT molecular complexity index is 537. The fourth-order valence-electron chi connectivity index (χ4n) is 2.47. The van der Waals surface area contributed by atoms with Crippen LogP contribution in [-0.4, -0.2) is 41.0 Å². The Morgan fingerprint density at radius 1 is 1.42 bits per heavy atom. The quantitative estimate of drug-likeness (QED) is 0.840. The van der Waals surface area contributed by atoms with Crippen LogP contribution in [-0.2, 0) is 11.2 Å². The van der Waals surface area contributed by atoms with Crippen LogP contribution in [0.25, 0.3) is 0 Å². The second-order valence-electron chi connectivity index (χ2n) is 5.05. The van der Waals surface area contributed by atoms with Crippen molar-refractivity contribution < 1.29 is 14.7 Å². The van der Waals surface area contributed by atoms with Crippen LogP contribution in [0, 0.1) is 0 Å². The van der Waals surface area contributed by atoms with Gasteiger partial charge in [0.15, 0.2) is 0 Å². The zero-order valence-electron chi connectivity index (χ0n) is 10.6. The lowest BCUT2D eigenvalue weighted by molar-refractivity contribution is -0.115. The van der Waals surface area contributed by atoms with Gasteiger partial charge in [-0.25, -0.2) is 0 Å². The summed E-state index contributed by atoms with van der Waals surface area (Å²) < 4.78 is 0. The first-order chi connectivity index (χ1) is 9.19. The van der Waals surface area contributed by atoms with Crippen LogP contribution < -0.4 is 5.32 Å². The number of amides is 2. The smallest absolute Gasteiger partial charge is 0.254 e. The Hall–Kier alpha value is -1.88. The summed E-state index contributed by atoms with van der Waals surface area (Å²) in [6, 6.07) is 5.56. The van der Waals surface area contributed by atoms with Crippen molar-refractivity contribution >= 4 is 17.5 Å². The highest BCUT2D eigenvalue weighted by molar-refractivity contribution is 6.01. The number of hydrogen-bond acceptors (Lipinski definition) is 3. The molecule has 19 heavy (non-hydrogen) atoms. The van der Waals surface area contributed by atoms with E-state index in [9.17, 15) is 9.59 Å². The number of benzene rings is 1. The van der Waals surface area contributed by atoms with Gasteiger partial charge < -0.3 is 15.3 Å². The number of anilines is 1. The summed E-state index contributed by atoms with van der Waals surface area (Å²) >= 11 is 0. The topological polar surface area (TPSA) is 69.6 Å². The molecule has 2 N–H and O–H groups in total. The van der Waals surface area contributed by atoms with Gasteiger partial charge in [0.1, 0.15) is 0 Å². The standard InChI is InChI=1S/C14H16N2O3/c17-6-5-16(11-2-3-11)14(19)9-1-4-12-10(7-9)8-13(18)15-12/h1,4,7,11,17H,2-3,5-6,8H2,(H,15,18). The van der Waals surface area contributed by atoms with Gasteiger partial charge in [-0.15, -0.1) is 0 Å². The van der Waals surface area contributed by atoms with Gasteiger partial charge in [-0.2, -0.15) is 0 Å². The van der Waals surface area contributed by atoms with Crippen LogP contribution in [0.4, 0.5) is 5.69 Å². The van der Waals surface area contributed by atoms with E-state index in [0.29, 0.717) is 18.5 Å². The van der Waals surface area contributed by atoms with Crippen LogP contribution >= 0.6 is 0 Å². The summed E-state index contributed by atoms with van der Waals surface area (Å²) in [4.78, 5) is 25.4. The van der Waals surface area contributed by atoms with Gasteiger partial charge in [0.25, 0.3) is 5.91 Å². The minimum absolute atomic E-state index is 0.0206. The highest BCUT2D eigenvalue weighted by Crippen LogP contribution is 2.29. The number of carbonyl (C=O) groups excluding carboxylic acids is 2. The number of nitrogens with zero attached hydrogens (tertiary/aromatic N) is 1. The summed E-state index contributed by atoms with van der Waals surface area (Å²) in [5.74, 6) is -0.0901. The van der Waals surface area contributed by atoms with Gasteiger partial charge >= 0.3 is 0 Å². The molecule has 0 atom stereocenters. The number of hydrogen-bond donors (Lipinski definition) is 2. The van der Waals surface area contributed by atoms with Crippen LogP contribution in [0.5, 0.6) is 0 Å². The van der Waals surface area contributed by atoms with E-state index in [1.165, 1.54) is 0 Å². The summed E-state index contributed by atoms with van der Waals surface area (Å²) in [6.45, 7) is 0.352. The first kappa shape index (κ1) is 12.2. The fourth-order valence-corrected chi connectivity index (χ4v) is 2.47. The third-order valence-corrected chi connectivity index (χ3v) is 3.57. The van der Waals surface area contributed by atoms with E-state index in [0.717, 1.165) is 24.1 Å². The molecule has 0 radical (unpaired) electrons. The molecule has 100 valence electrons. The molecule has 1 aliphatic carbocycles.